The molecule has 0 heterocycles. The van der Waals surface area contributed by atoms with Gasteiger partial charge in [0.25, 0.3) is 5.91 Å². The summed E-state index contributed by atoms with van der Waals surface area (Å²) in [6, 6.07) is 1.80. The van der Waals surface area contributed by atoms with Gasteiger partial charge in [-0.25, -0.2) is 8.78 Å². The van der Waals surface area contributed by atoms with Crippen molar-refractivity contribution < 1.29 is 18.3 Å². The van der Waals surface area contributed by atoms with Gasteiger partial charge in [-0.3, -0.25) is 4.79 Å². The van der Waals surface area contributed by atoms with E-state index in [1.165, 1.54) is 7.11 Å². The maximum atomic E-state index is 13.6. The first-order chi connectivity index (χ1) is 8.86. The molecule has 0 aromatic heterocycles. The smallest absolute Gasteiger partial charge is 0.257 e. The number of amides is 1. The molecule has 0 aliphatic rings. The summed E-state index contributed by atoms with van der Waals surface area (Å²) < 4.78 is 32.5. The summed E-state index contributed by atoms with van der Waals surface area (Å²) in [7, 11) is 1.50. The first kappa shape index (κ1) is 16.0. The Morgan fingerprint density at radius 3 is 2.32 bits per heavy atom. The van der Waals surface area contributed by atoms with Gasteiger partial charge in [0.1, 0.15) is 17.2 Å². The Morgan fingerprint density at radius 2 is 1.89 bits per heavy atom. The van der Waals surface area contributed by atoms with E-state index in [0.717, 1.165) is 12.1 Å². The van der Waals surface area contributed by atoms with Gasteiger partial charge in [0, 0.05) is 11.6 Å². The lowest BCUT2D eigenvalue weighted by atomic mass is 10.0. The molecule has 1 unspecified atom stereocenters. The maximum absolute atomic E-state index is 13.6. The highest BCUT2D eigenvalue weighted by atomic mass is 79.9. The Kier molecular flexibility index (Phi) is 5.87. The molecule has 19 heavy (non-hydrogen) atoms. The molecule has 0 aliphatic carbocycles. The second-order valence-electron chi connectivity index (χ2n) is 4.52. The molecule has 0 saturated carbocycles. The average molecular weight is 336 g/mol. The molecule has 106 valence electrons. The van der Waals surface area contributed by atoms with Crippen molar-refractivity contribution in [3.05, 3.63) is 33.8 Å². The number of methoxy groups -OCH3 is 1. The number of ether oxygens (including phenoxy) is 1. The Hall–Kier alpha value is -1.01. The van der Waals surface area contributed by atoms with Crippen molar-refractivity contribution >= 4 is 21.8 Å². The summed E-state index contributed by atoms with van der Waals surface area (Å²) in [5, 5.41) is 2.58. The van der Waals surface area contributed by atoms with E-state index in [4.69, 9.17) is 4.74 Å². The average Bonchev–Trinajstić information content (AvgIpc) is 2.26. The van der Waals surface area contributed by atoms with Crippen LogP contribution >= 0.6 is 15.9 Å². The van der Waals surface area contributed by atoms with E-state index < -0.39 is 23.1 Å². The number of hydrogen-bond donors (Lipinski definition) is 1. The molecular formula is C13H16BrF2NO2. The highest BCUT2D eigenvalue weighted by Gasteiger charge is 2.22. The zero-order chi connectivity index (χ0) is 14.6. The van der Waals surface area contributed by atoms with Crippen LogP contribution in [-0.2, 0) is 4.74 Å². The number of rotatable bonds is 5. The van der Waals surface area contributed by atoms with Gasteiger partial charge >= 0.3 is 0 Å². The Balaban J connectivity index is 2.94. The van der Waals surface area contributed by atoms with Crippen molar-refractivity contribution in [2.45, 2.75) is 19.9 Å². The van der Waals surface area contributed by atoms with Crippen LogP contribution in [0.1, 0.15) is 24.2 Å². The Morgan fingerprint density at radius 1 is 1.37 bits per heavy atom. The van der Waals surface area contributed by atoms with Crippen LogP contribution < -0.4 is 5.32 Å². The molecule has 1 aromatic rings. The van der Waals surface area contributed by atoms with Crippen LogP contribution in [0.25, 0.3) is 0 Å². The van der Waals surface area contributed by atoms with Crippen LogP contribution in [0, 0.1) is 17.6 Å². The van der Waals surface area contributed by atoms with E-state index in [0.29, 0.717) is 0 Å². The number of nitrogens with one attached hydrogen (secondary N) is 1. The molecule has 1 amide bonds. The molecule has 1 aromatic carbocycles. The van der Waals surface area contributed by atoms with Crippen LogP contribution in [0.2, 0.25) is 0 Å². The van der Waals surface area contributed by atoms with Crippen LogP contribution in [0.15, 0.2) is 16.6 Å². The second-order valence-corrected chi connectivity index (χ2v) is 5.44. The van der Waals surface area contributed by atoms with Crippen molar-refractivity contribution in [3.63, 3.8) is 0 Å². The molecule has 0 aliphatic heterocycles. The van der Waals surface area contributed by atoms with Crippen molar-refractivity contribution in [1.29, 1.82) is 0 Å². The summed E-state index contributed by atoms with van der Waals surface area (Å²) in [5.74, 6) is -2.49. The van der Waals surface area contributed by atoms with Crippen molar-refractivity contribution in [2.24, 2.45) is 5.92 Å². The number of benzene rings is 1. The minimum Gasteiger partial charge on any atom is -0.383 e. The monoisotopic (exact) mass is 335 g/mol. The zero-order valence-electron chi connectivity index (χ0n) is 11.0. The predicted octanol–water partition coefficient (Wildman–Crippen LogP) is 3.13. The van der Waals surface area contributed by atoms with Crippen LogP contribution in [0.5, 0.6) is 0 Å². The van der Waals surface area contributed by atoms with Crippen molar-refractivity contribution in [2.75, 3.05) is 13.7 Å². The minimum absolute atomic E-state index is 0.0884. The van der Waals surface area contributed by atoms with E-state index >= 15 is 0 Å². The molecule has 0 fully saturated rings. The fraction of sp³-hybridized carbons (Fsp3) is 0.462. The Labute approximate surface area is 119 Å². The van der Waals surface area contributed by atoms with Gasteiger partial charge in [0.15, 0.2) is 0 Å². The van der Waals surface area contributed by atoms with E-state index in [-0.39, 0.29) is 23.0 Å². The highest BCUT2D eigenvalue weighted by Crippen LogP contribution is 2.19. The summed E-state index contributed by atoms with van der Waals surface area (Å²) in [5.41, 5.74) is -0.579. The maximum Gasteiger partial charge on any atom is 0.257 e. The van der Waals surface area contributed by atoms with E-state index in [9.17, 15) is 13.6 Å². The third kappa shape index (κ3) is 4.24. The minimum atomic E-state index is -0.899. The van der Waals surface area contributed by atoms with Gasteiger partial charge in [-0.15, -0.1) is 0 Å². The zero-order valence-corrected chi connectivity index (χ0v) is 12.6. The molecule has 0 saturated heterocycles. The number of halogens is 3. The molecule has 0 bridgehead atoms. The van der Waals surface area contributed by atoms with Crippen LogP contribution in [0.4, 0.5) is 8.78 Å². The third-order valence-electron chi connectivity index (χ3n) is 2.70. The predicted molar refractivity (Wildman–Crippen MR) is 72.0 cm³/mol. The lowest BCUT2D eigenvalue weighted by Gasteiger charge is -2.21. The molecule has 3 nitrogen and oxygen atoms in total. The van der Waals surface area contributed by atoms with E-state index in [2.05, 4.69) is 21.2 Å². The summed E-state index contributed by atoms with van der Waals surface area (Å²) in [4.78, 5) is 11.9. The second kappa shape index (κ2) is 6.96. The van der Waals surface area contributed by atoms with Gasteiger partial charge in [-0.1, -0.05) is 29.8 Å². The van der Waals surface area contributed by atoms with Crippen LogP contribution in [-0.4, -0.2) is 25.7 Å². The van der Waals surface area contributed by atoms with Gasteiger partial charge in [0.2, 0.25) is 0 Å². The van der Waals surface area contributed by atoms with Gasteiger partial charge in [-0.2, -0.15) is 0 Å². The number of carbonyl (C=O) groups excluding carboxylic acids is 1. The largest absolute Gasteiger partial charge is 0.383 e. The van der Waals surface area contributed by atoms with E-state index in [1.807, 2.05) is 13.8 Å². The van der Waals surface area contributed by atoms with E-state index in [1.54, 1.807) is 0 Å². The highest BCUT2D eigenvalue weighted by molar-refractivity contribution is 9.10. The van der Waals surface area contributed by atoms with Gasteiger partial charge in [-0.05, 0) is 18.1 Å². The first-order valence-corrected chi connectivity index (χ1v) is 6.60. The first-order valence-electron chi connectivity index (χ1n) is 5.81. The van der Waals surface area contributed by atoms with Crippen molar-refractivity contribution in [1.82, 2.24) is 5.32 Å². The van der Waals surface area contributed by atoms with Gasteiger partial charge < -0.3 is 10.1 Å². The molecule has 0 spiro atoms. The standard InChI is InChI=1S/C13H16BrF2NO2/c1-7(2)11(6-19-3)17-13(18)12-9(15)4-8(14)5-10(12)16/h4-5,7,11H,6H2,1-3H3,(H,17,18). The fourth-order valence-corrected chi connectivity index (χ4v) is 1.98. The SMILES string of the molecule is COCC(NC(=O)c1c(F)cc(Br)cc1F)C(C)C. The summed E-state index contributed by atoms with van der Waals surface area (Å²) in [6.07, 6.45) is 0. The normalized spacial score (nSPS) is 12.6. The number of hydrogen-bond acceptors (Lipinski definition) is 2. The molecule has 1 atom stereocenters. The number of carbonyl (C=O) groups is 1. The lowest BCUT2D eigenvalue weighted by molar-refractivity contribution is 0.0858. The molecule has 1 N–H and O–H groups in total. The van der Waals surface area contributed by atoms with Crippen LogP contribution in [0.3, 0.4) is 0 Å². The summed E-state index contributed by atoms with van der Waals surface area (Å²) >= 11 is 2.96. The van der Waals surface area contributed by atoms with Crippen molar-refractivity contribution in [3.8, 4) is 0 Å². The summed E-state index contributed by atoms with van der Waals surface area (Å²) in [6.45, 7) is 4.06. The Bertz CT molecular complexity index is 443. The fourth-order valence-electron chi connectivity index (χ4n) is 1.58. The lowest BCUT2D eigenvalue weighted by Crippen LogP contribution is -2.42. The quantitative estimate of drug-likeness (QED) is 0.897. The molecular weight excluding hydrogens is 320 g/mol. The third-order valence-corrected chi connectivity index (χ3v) is 3.16. The molecule has 0 radical (unpaired) electrons. The topological polar surface area (TPSA) is 38.3 Å². The van der Waals surface area contributed by atoms with Gasteiger partial charge in [0.05, 0.1) is 12.6 Å². The molecule has 6 heteroatoms. The molecule has 1 rings (SSSR count).